The van der Waals surface area contributed by atoms with E-state index in [4.69, 9.17) is 9.72 Å². The minimum atomic E-state index is -0.0999. The molecular formula is C16H28N2OS. The van der Waals surface area contributed by atoms with Crippen LogP contribution in [-0.4, -0.2) is 18.6 Å². The first-order valence-corrected chi connectivity index (χ1v) is 8.70. The fourth-order valence-corrected chi connectivity index (χ4v) is 4.38. The quantitative estimate of drug-likeness (QED) is 0.766. The summed E-state index contributed by atoms with van der Waals surface area (Å²) in [6.07, 6.45) is 5.93. The Kier molecular flexibility index (Phi) is 5.58. The maximum absolute atomic E-state index is 5.89. The first-order valence-electron chi connectivity index (χ1n) is 7.89. The molecule has 0 unspecified atom stereocenters. The molecule has 0 aliphatic heterocycles. The molecule has 2 rings (SSSR count). The number of nitrogens with zero attached hydrogens (tertiary/aromatic N) is 1. The van der Waals surface area contributed by atoms with Gasteiger partial charge in [0.1, 0.15) is 10.6 Å². The number of rotatable bonds is 7. The minimum Gasteiger partial charge on any atom is -0.371 e. The van der Waals surface area contributed by atoms with Crippen molar-refractivity contribution in [2.45, 2.75) is 70.9 Å². The third-order valence-electron chi connectivity index (χ3n) is 4.18. The topological polar surface area (TPSA) is 34.1 Å². The third-order valence-corrected chi connectivity index (χ3v) is 5.44. The van der Waals surface area contributed by atoms with Gasteiger partial charge in [0.2, 0.25) is 0 Å². The second-order valence-electron chi connectivity index (χ2n) is 6.06. The lowest BCUT2D eigenvalue weighted by atomic mass is 10.0. The van der Waals surface area contributed by atoms with Crippen molar-refractivity contribution in [3.05, 3.63) is 15.6 Å². The molecule has 1 aromatic rings. The molecule has 1 aliphatic rings. The van der Waals surface area contributed by atoms with Gasteiger partial charge in [-0.15, -0.1) is 11.3 Å². The maximum Gasteiger partial charge on any atom is 0.125 e. The molecule has 0 aromatic carbocycles. The summed E-state index contributed by atoms with van der Waals surface area (Å²) >= 11 is 1.86. The number of thiazole rings is 1. The summed E-state index contributed by atoms with van der Waals surface area (Å²) < 4.78 is 5.89. The van der Waals surface area contributed by atoms with Crippen molar-refractivity contribution >= 4 is 11.3 Å². The summed E-state index contributed by atoms with van der Waals surface area (Å²) in [5, 5.41) is 4.71. The van der Waals surface area contributed by atoms with Gasteiger partial charge in [-0.3, -0.25) is 0 Å². The summed E-state index contributed by atoms with van der Waals surface area (Å²) in [5.74, 6) is 0.480. The van der Waals surface area contributed by atoms with Crippen molar-refractivity contribution in [3.63, 3.8) is 0 Å². The highest BCUT2D eigenvalue weighted by molar-refractivity contribution is 7.11. The number of ether oxygens (including phenoxy) is 1. The fourth-order valence-electron chi connectivity index (χ4n) is 2.97. The zero-order valence-corrected chi connectivity index (χ0v) is 14.1. The highest BCUT2D eigenvalue weighted by Crippen LogP contribution is 2.44. The Hall–Kier alpha value is -0.450. The second kappa shape index (κ2) is 7.01. The molecule has 1 aromatic heterocycles. The first-order chi connectivity index (χ1) is 9.63. The highest BCUT2D eigenvalue weighted by atomic mass is 32.1. The highest BCUT2D eigenvalue weighted by Gasteiger charge is 2.39. The van der Waals surface area contributed by atoms with Crippen molar-refractivity contribution in [3.8, 4) is 0 Å². The smallest absolute Gasteiger partial charge is 0.125 e. The molecule has 0 radical (unpaired) electrons. The van der Waals surface area contributed by atoms with Gasteiger partial charge < -0.3 is 10.1 Å². The standard InChI is InChI=1S/C16H28N2OS/c1-5-10-17-11-13-14(12(2)3)18-15(20-13)16(19-4)8-6-7-9-16/h12,17H,5-11H2,1-4H3. The Bertz CT molecular complexity index is 422. The van der Waals surface area contributed by atoms with E-state index < -0.39 is 0 Å². The van der Waals surface area contributed by atoms with E-state index >= 15 is 0 Å². The van der Waals surface area contributed by atoms with E-state index in [0.717, 1.165) is 25.9 Å². The Morgan fingerprint density at radius 3 is 2.60 bits per heavy atom. The Morgan fingerprint density at radius 1 is 1.35 bits per heavy atom. The number of hydrogen-bond donors (Lipinski definition) is 1. The molecule has 0 bridgehead atoms. The van der Waals surface area contributed by atoms with Crippen molar-refractivity contribution in [2.75, 3.05) is 13.7 Å². The summed E-state index contributed by atoms with van der Waals surface area (Å²) in [6.45, 7) is 8.68. The van der Waals surface area contributed by atoms with Crippen LogP contribution in [0.25, 0.3) is 0 Å². The molecule has 0 amide bonds. The second-order valence-corrected chi connectivity index (χ2v) is 7.15. The summed E-state index contributed by atoms with van der Waals surface area (Å²) in [5.41, 5.74) is 1.16. The van der Waals surface area contributed by atoms with Crippen LogP contribution in [0.5, 0.6) is 0 Å². The van der Waals surface area contributed by atoms with Gasteiger partial charge in [0.25, 0.3) is 0 Å². The van der Waals surface area contributed by atoms with E-state index in [2.05, 4.69) is 26.1 Å². The van der Waals surface area contributed by atoms with Crippen molar-refractivity contribution in [1.82, 2.24) is 10.3 Å². The fraction of sp³-hybridized carbons (Fsp3) is 0.812. The van der Waals surface area contributed by atoms with Crippen molar-refractivity contribution in [2.24, 2.45) is 0 Å². The van der Waals surface area contributed by atoms with Crippen LogP contribution in [0.2, 0.25) is 0 Å². The van der Waals surface area contributed by atoms with Crippen molar-refractivity contribution < 1.29 is 4.74 Å². The van der Waals surface area contributed by atoms with Gasteiger partial charge in [-0.05, 0) is 31.7 Å². The Balaban J connectivity index is 2.23. The molecule has 1 fully saturated rings. The predicted octanol–water partition coefficient (Wildman–Crippen LogP) is 4.18. The van der Waals surface area contributed by atoms with Crippen LogP contribution in [0.1, 0.15) is 74.4 Å². The summed E-state index contributed by atoms with van der Waals surface area (Å²) in [7, 11) is 1.84. The molecule has 3 nitrogen and oxygen atoms in total. The van der Waals surface area contributed by atoms with Crippen LogP contribution in [-0.2, 0) is 16.9 Å². The van der Waals surface area contributed by atoms with E-state index in [9.17, 15) is 0 Å². The molecular weight excluding hydrogens is 268 g/mol. The predicted molar refractivity (Wildman–Crippen MR) is 85.4 cm³/mol. The zero-order valence-electron chi connectivity index (χ0n) is 13.3. The molecule has 1 saturated carbocycles. The lowest BCUT2D eigenvalue weighted by molar-refractivity contribution is -0.00898. The van der Waals surface area contributed by atoms with Crippen LogP contribution in [0.4, 0.5) is 0 Å². The number of methoxy groups -OCH3 is 1. The van der Waals surface area contributed by atoms with Gasteiger partial charge in [0, 0.05) is 18.5 Å². The van der Waals surface area contributed by atoms with Gasteiger partial charge in [-0.25, -0.2) is 4.98 Å². The van der Waals surface area contributed by atoms with Gasteiger partial charge >= 0.3 is 0 Å². The monoisotopic (exact) mass is 296 g/mol. The first kappa shape index (κ1) is 15.9. The molecule has 0 saturated heterocycles. The number of aromatic nitrogens is 1. The third kappa shape index (κ3) is 3.23. The van der Waals surface area contributed by atoms with E-state index in [1.807, 2.05) is 18.4 Å². The number of hydrogen-bond acceptors (Lipinski definition) is 4. The summed E-state index contributed by atoms with van der Waals surface area (Å²) in [4.78, 5) is 6.36. The minimum absolute atomic E-state index is 0.0999. The van der Waals surface area contributed by atoms with Crippen LogP contribution in [0.3, 0.4) is 0 Å². The van der Waals surface area contributed by atoms with Crippen LogP contribution >= 0.6 is 11.3 Å². The van der Waals surface area contributed by atoms with Crippen LogP contribution in [0, 0.1) is 0 Å². The van der Waals surface area contributed by atoms with E-state index in [-0.39, 0.29) is 5.60 Å². The SMILES string of the molecule is CCCNCc1sc(C2(OC)CCCC2)nc1C(C)C. The molecule has 0 spiro atoms. The lowest BCUT2D eigenvalue weighted by Crippen LogP contribution is -2.24. The summed E-state index contributed by atoms with van der Waals surface area (Å²) in [6, 6.07) is 0. The molecule has 1 aliphatic carbocycles. The normalized spacial score (nSPS) is 18.1. The van der Waals surface area contributed by atoms with Crippen LogP contribution in [0.15, 0.2) is 0 Å². The number of nitrogens with one attached hydrogen (secondary N) is 1. The maximum atomic E-state index is 5.89. The van der Waals surface area contributed by atoms with E-state index in [1.165, 1.54) is 34.8 Å². The molecule has 114 valence electrons. The molecule has 20 heavy (non-hydrogen) atoms. The van der Waals surface area contributed by atoms with Crippen LogP contribution < -0.4 is 5.32 Å². The van der Waals surface area contributed by atoms with Crippen molar-refractivity contribution in [1.29, 1.82) is 0 Å². The van der Waals surface area contributed by atoms with E-state index in [1.54, 1.807) is 0 Å². The molecule has 4 heteroatoms. The molecule has 1 heterocycles. The van der Waals surface area contributed by atoms with Gasteiger partial charge in [0.15, 0.2) is 0 Å². The van der Waals surface area contributed by atoms with Gasteiger partial charge in [-0.2, -0.15) is 0 Å². The van der Waals surface area contributed by atoms with Gasteiger partial charge in [-0.1, -0.05) is 33.6 Å². The Morgan fingerprint density at radius 2 is 2.05 bits per heavy atom. The Labute approximate surface area is 127 Å². The average Bonchev–Trinajstić information content (AvgIpc) is 3.06. The largest absolute Gasteiger partial charge is 0.371 e. The van der Waals surface area contributed by atoms with Gasteiger partial charge in [0.05, 0.1) is 5.69 Å². The lowest BCUT2D eigenvalue weighted by Gasteiger charge is -2.24. The molecule has 0 atom stereocenters. The molecule has 1 N–H and O–H groups in total. The zero-order chi connectivity index (χ0) is 14.6. The van der Waals surface area contributed by atoms with E-state index in [0.29, 0.717) is 5.92 Å². The average molecular weight is 296 g/mol.